The van der Waals surface area contributed by atoms with Crippen LogP contribution in [0.3, 0.4) is 0 Å². The highest BCUT2D eigenvalue weighted by Gasteiger charge is 1.91. The van der Waals surface area contributed by atoms with Crippen molar-refractivity contribution >= 4 is 0 Å². The van der Waals surface area contributed by atoms with Crippen molar-refractivity contribution in [2.24, 2.45) is 0 Å². The van der Waals surface area contributed by atoms with Gasteiger partial charge in [0.15, 0.2) is 0 Å². The third-order valence-electron chi connectivity index (χ3n) is 2.02. The average Bonchev–Trinajstić information content (AvgIpc) is 2.14. The Bertz CT molecular complexity index is 188. The van der Waals surface area contributed by atoms with E-state index in [0.29, 0.717) is 0 Å². The van der Waals surface area contributed by atoms with E-state index in [1.54, 1.807) is 0 Å². The van der Waals surface area contributed by atoms with Crippen molar-refractivity contribution in [1.29, 1.82) is 0 Å². The van der Waals surface area contributed by atoms with Crippen LogP contribution in [0.2, 0.25) is 0 Å². The Morgan fingerprint density at radius 3 is 2.83 bits per heavy atom. The maximum atomic E-state index is 3.19. The Kier molecular flexibility index (Phi) is 4.51. The minimum Gasteiger partial charge on any atom is -0.0654 e. The fraction of sp³-hybridized carbons (Fsp3) is 0.500. The van der Waals surface area contributed by atoms with E-state index in [2.05, 4.69) is 25.1 Å². The van der Waals surface area contributed by atoms with Gasteiger partial charge in [-0.1, -0.05) is 38.3 Å². The Morgan fingerprint density at radius 2 is 2.17 bits per heavy atom. The zero-order chi connectivity index (χ0) is 8.65. The lowest BCUT2D eigenvalue weighted by molar-refractivity contribution is 0.666. The summed E-state index contributed by atoms with van der Waals surface area (Å²) in [5, 5.41) is 0. The molecule has 0 unspecified atom stereocenters. The maximum absolute atomic E-state index is 3.19. The quantitative estimate of drug-likeness (QED) is 0.579. The monoisotopic (exact) mass is 160 g/mol. The van der Waals surface area contributed by atoms with Gasteiger partial charge >= 0.3 is 0 Å². The first-order valence-corrected chi connectivity index (χ1v) is 4.80. The van der Waals surface area contributed by atoms with E-state index in [4.69, 9.17) is 0 Å². The zero-order valence-corrected chi connectivity index (χ0v) is 7.77. The van der Waals surface area contributed by atoms with Crippen LogP contribution in [0.1, 0.15) is 38.2 Å². The van der Waals surface area contributed by atoms with Gasteiger partial charge in [0.05, 0.1) is 0 Å². The van der Waals surface area contributed by atoms with Gasteiger partial charge < -0.3 is 0 Å². The Labute approximate surface area is 75.6 Å². The van der Waals surface area contributed by atoms with Gasteiger partial charge in [0.2, 0.25) is 0 Å². The lowest BCUT2D eigenvalue weighted by atomic mass is 10.1. The number of rotatable bonds is 5. The van der Waals surface area contributed by atoms with Crippen LogP contribution < -0.4 is 0 Å². The molecule has 0 nitrogen and oxygen atoms in total. The van der Waals surface area contributed by atoms with Gasteiger partial charge in [0, 0.05) is 0 Å². The molecule has 64 valence electrons. The molecule has 0 aliphatic heterocycles. The minimum absolute atomic E-state index is 1.18. The summed E-state index contributed by atoms with van der Waals surface area (Å²) in [6, 6.07) is 12.1. The van der Waals surface area contributed by atoms with Crippen LogP contribution in [-0.4, -0.2) is 0 Å². The number of hydrogen-bond donors (Lipinski definition) is 0. The fourth-order valence-electron chi connectivity index (χ4n) is 1.28. The predicted molar refractivity (Wildman–Crippen MR) is 52.0 cm³/mol. The van der Waals surface area contributed by atoms with Crippen LogP contribution in [0.4, 0.5) is 0 Å². The standard InChI is InChI=1S/C12H16/c1-2-3-4-6-9-12-10-7-5-8-11-12/h7-8,10H,2-4,6,9H2,1H3. The van der Waals surface area contributed by atoms with Gasteiger partial charge in [-0.25, -0.2) is 0 Å². The summed E-state index contributed by atoms with van der Waals surface area (Å²) in [6.45, 7) is 2.24. The summed E-state index contributed by atoms with van der Waals surface area (Å²) in [4.78, 5) is 0. The summed E-state index contributed by atoms with van der Waals surface area (Å²) in [6.07, 6.45) is 6.50. The Balaban J connectivity index is 2.16. The second-order valence-corrected chi connectivity index (χ2v) is 3.12. The molecule has 0 aliphatic rings. The van der Waals surface area contributed by atoms with Gasteiger partial charge in [0.1, 0.15) is 0 Å². The van der Waals surface area contributed by atoms with Gasteiger partial charge in [-0.3, -0.25) is 0 Å². The molecule has 0 amide bonds. The van der Waals surface area contributed by atoms with Gasteiger partial charge in [-0.15, -0.1) is 0 Å². The molecule has 1 aromatic rings. The van der Waals surface area contributed by atoms with Crippen molar-refractivity contribution in [2.45, 2.75) is 39.0 Å². The summed E-state index contributed by atoms with van der Waals surface area (Å²) in [7, 11) is 0. The predicted octanol–water partition coefficient (Wildman–Crippen LogP) is 3.41. The van der Waals surface area contributed by atoms with Gasteiger partial charge in [-0.05, 0) is 36.6 Å². The summed E-state index contributed by atoms with van der Waals surface area (Å²) >= 11 is 0. The highest BCUT2D eigenvalue weighted by Crippen LogP contribution is 2.06. The third-order valence-corrected chi connectivity index (χ3v) is 2.02. The highest BCUT2D eigenvalue weighted by atomic mass is 14.0. The van der Waals surface area contributed by atoms with E-state index in [-0.39, 0.29) is 0 Å². The smallest absolute Gasteiger partial charge is 0.0143 e. The first-order chi connectivity index (χ1) is 5.93. The van der Waals surface area contributed by atoms with Crippen LogP contribution in [0.5, 0.6) is 0 Å². The van der Waals surface area contributed by atoms with Crippen molar-refractivity contribution in [2.75, 3.05) is 0 Å². The first-order valence-electron chi connectivity index (χ1n) is 4.80. The molecule has 0 saturated heterocycles. The van der Waals surface area contributed by atoms with E-state index in [1.807, 2.05) is 12.1 Å². The Hall–Kier alpha value is -0.780. The van der Waals surface area contributed by atoms with E-state index in [0.717, 1.165) is 0 Å². The summed E-state index contributed by atoms with van der Waals surface area (Å²) in [5.74, 6) is 0. The molecule has 12 heavy (non-hydrogen) atoms. The molecular formula is C12H16. The van der Waals surface area contributed by atoms with Crippen molar-refractivity contribution < 1.29 is 0 Å². The van der Waals surface area contributed by atoms with Gasteiger partial charge in [0.25, 0.3) is 0 Å². The average molecular weight is 160 g/mol. The van der Waals surface area contributed by atoms with Gasteiger partial charge in [-0.2, -0.15) is 0 Å². The maximum Gasteiger partial charge on any atom is -0.0143 e. The lowest BCUT2D eigenvalue weighted by Crippen LogP contribution is -1.84. The number of hydrogen-bond acceptors (Lipinski definition) is 0. The van der Waals surface area contributed by atoms with E-state index >= 15 is 0 Å². The molecule has 1 rings (SSSR count). The topological polar surface area (TPSA) is 0 Å². The van der Waals surface area contributed by atoms with Crippen molar-refractivity contribution in [3.8, 4) is 0 Å². The molecule has 0 bridgehead atoms. The van der Waals surface area contributed by atoms with E-state index < -0.39 is 0 Å². The molecule has 0 heterocycles. The largest absolute Gasteiger partial charge is 0.0654 e. The molecule has 0 N–H and O–H groups in total. The number of unbranched alkanes of at least 4 members (excludes halogenated alkanes) is 3. The molecule has 0 fully saturated rings. The normalized spacial score (nSPS) is 10.1. The first kappa shape index (κ1) is 9.31. The van der Waals surface area contributed by atoms with Crippen LogP contribution >= 0.6 is 0 Å². The van der Waals surface area contributed by atoms with E-state index in [9.17, 15) is 0 Å². The molecule has 0 aromatic heterocycles. The molecule has 0 spiro atoms. The molecule has 2 radical (unpaired) electrons. The van der Waals surface area contributed by atoms with Crippen molar-refractivity contribution in [1.82, 2.24) is 0 Å². The van der Waals surface area contributed by atoms with Crippen LogP contribution in [0, 0.1) is 12.1 Å². The number of aryl methyl sites for hydroxylation is 1. The molecule has 1 aromatic carbocycles. The van der Waals surface area contributed by atoms with E-state index in [1.165, 1.54) is 37.7 Å². The van der Waals surface area contributed by atoms with Crippen molar-refractivity contribution in [3.05, 3.63) is 35.9 Å². The Morgan fingerprint density at radius 1 is 1.25 bits per heavy atom. The molecule has 0 heteroatoms. The zero-order valence-electron chi connectivity index (χ0n) is 7.77. The second-order valence-electron chi connectivity index (χ2n) is 3.12. The third kappa shape index (κ3) is 3.56. The molecule has 0 saturated carbocycles. The summed E-state index contributed by atoms with van der Waals surface area (Å²) < 4.78 is 0. The summed E-state index contributed by atoms with van der Waals surface area (Å²) in [5.41, 5.74) is 1.32. The highest BCUT2D eigenvalue weighted by molar-refractivity contribution is 5.11. The molecule has 0 atom stereocenters. The van der Waals surface area contributed by atoms with Crippen LogP contribution in [-0.2, 0) is 6.42 Å². The van der Waals surface area contributed by atoms with Crippen LogP contribution in [0.15, 0.2) is 18.2 Å². The second kappa shape index (κ2) is 5.82. The van der Waals surface area contributed by atoms with Crippen molar-refractivity contribution in [3.63, 3.8) is 0 Å². The SMILES string of the molecule is CCCCCCc1[c]c[c]cc1. The van der Waals surface area contributed by atoms with Crippen LogP contribution in [0.25, 0.3) is 0 Å². The minimum atomic E-state index is 1.18. The molecule has 0 aliphatic carbocycles. The molecular weight excluding hydrogens is 144 g/mol. The lowest BCUT2D eigenvalue weighted by Gasteiger charge is -1.98. The fourth-order valence-corrected chi connectivity index (χ4v) is 1.28. The number of benzene rings is 1.